The number of nitrogens with zero attached hydrogens (tertiary/aromatic N) is 3. The third-order valence-corrected chi connectivity index (χ3v) is 3.55. The molecule has 122 valence electrons. The topological polar surface area (TPSA) is 77.0 Å². The van der Waals surface area contributed by atoms with Crippen LogP contribution in [0.3, 0.4) is 0 Å². The summed E-state index contributed by atoms with van der Waals surface area (Å²) >= 11 is 6.23. The summed E-state index contributed by atoms with van der Waals surface area (Å²) in [4.78, 5) is 24.0. The molecule has 0 radical (unpaired) electrons. The lowest BCUT2D eigenvalue weighted by Crippen LogP contribution is -2.09. The van der Waals surface area contributed by atoms with E-state index in [1.54, 1.807) is 6.20 Å². The number of anilines is 1. The second kappa shape index (κ2) is 6.80. The molecule has 2 aromatic heterocycles. The van der Waals surface area contributed by atoms with Gasteiger partial charge in [-0.25, -0.2) is 15.0 Å². The van der Waals surface area contributed by atoms with Crippen LogP contribution in [0.2, 0.25) is 5.02 Å². The lowest BCUT2D eigenvalue weighted by molar-refractivity contribution is -0.114. The molecule has 7 heteroatoms. The van der Waals surface area contributed by atoms with Crippen molar-refractivity contribution >= 4 is 34.5 Å². The minimum atomic E-state index is -0.219. The van der Waals surface area contributed by atoms with Crippen molar-refractivity contribution in [3.63, 3.8) is 0 Å². The lowest BCUT2D eigenvalue weighted by atomic mass is 10.1. The SMILES string of the molecule is CCOc1ccc(-c2ccc3nc(NC(C)=O)ncc3n2)cc1Cl. The number of nitrogens with one attached hydrogen (secondary N) is 1. The minimum absolute atomic E-state index is 0.219. The van der Waals surface area contributed by atoms with Crippen molar-refractivity contribution in [2.24, 2.45) is 0 Å². The highest BCUT2D eigenvalue weighted by Crippen LogP contribution is 2.30. The molecule has 0 atom stereocenters. The maximum absolute atomic E-state index is 11.1. The van der Waals surface area contributed by atoms with Gasteiger partial charge in [-0.05, 0) is 37.3 Å². The zero-order valence-electron chi connectivity index (χ0n) is 13.2. The van der Waals surface area contributed by atoms with Gasteiger partial charge in [0.1, 0.15) is 11.3 Å². The fraction of sp³-hybridized carbons (Fsp3) is 0.176. The van der Waals surface area contributed by atoms with Crippen molar-refractivity contribution in [2.75, 3.05) is 11.9 Å². The van der Waals surface area contributed by atoms with Gasteiger partial charge in [0, 0.05) is 12.5 Å². The predicted octanol–water partition coefficient (Wildman–Crippen LogP) is 3.70. The summed E-state index contributed by atoms with van der Waals surface area (Å²) in [7, 11) is 0. The van der Waals surface area contributed by atoms with Gasteiger partial charge < -0.3 is 4.74 Å². The third kappa shape index (κ3) is 3.44. The largest absolute Gasteiger partial charge is 0.492 e. The van der Waals surface area contributed by atoms with E-state index in [0.29, 0.717) is 28.4 Å². The van der Waals surface area contributed by atoms with Gasteiger partial charge in [-0.3, -0.25) is 10.1 Å². The Morgan fingerprint density at radius 3 is 2.75 bits per heavy atom. The molecule has 6 nitrogen and oxygen atoms in total. The first-order chi connectivity index (χ1) is 11.6. The molecule has 2 heterocycles. The summed E-state index contributed by atoms with van der Waals surface area (Å²) in [5, 5.41) is 3.08. The van der Waals surface area contributed by atoms with E-state index in [1.807, 2.05) is 37.3 Å². The van der Waals surface area contributed by atoms with Crippen LogP contribution in [0.15, 0.2) is 36.5 Å². The van der Waals surface area contributed by atoms with E-state index in [0.717, 1.165) is 11.3 Å². The van der Waals surface area contributed by atoms with E-state index in [2.05, 4.69) is 20.3 Å². The molecule has 1 amide bonds. The van der Waals surface area contributed by atoms with Crippen LogP contribution in [0.5, 0.6) is 5.75 Å². The summed E-state index contributed by atoms with van der Waals surface area (Å²) in [6.07, 6.45) is 1.58. The number of ether oxygens (including phenoxy) is 1. The standard InChI is InChI=1S/C17H15ClN4O2/c1-3-24-16-7-4-11(8-12(16)18)13-5-6-14-15(21-13)9-19-17(22-14)20-10(2)23/h4-9H,3H2,1-2H3,(H,19,20,22,23). The van der Waals surface area contributed by atoms with Crippen LogP contribution in [0.4, 0.5) is 5.95 Å². The summed E-state index contributed by atoms with van der Waals surface area (Å²) in [5.74, 6) is 0.684. The van der Waals surface area contributed by atoms with Crippen LogP contribution < -0.4 is 10.1 Å². The van der Waals surface area contributed by atoms with Crippen LogP contribution >= 0.6 is 11.6 Å². The van der Waals surface area contributed by atoms with E-state index >= 15 is 0 Å². The van der Waals surface area contributed by atoms with Gasteiger partial charge in [-0.1, -0.05) is 11.6 Å². The van der Waals surface area contributed by atoms with Crippen molar-refractivity contribution < 1.29 is 9.53 Å². The summed E-state index contributed by atoms with van der Waals surface area (Å²) < 4.78 is 5.44. The number of carbonyl (C=O) groups excluding carboxylic acids is 1. The molecule has 0 unspecified atom stereocenters. The number of hydrogen-bond acceptors (Lipinski definition) is 5. The number of pyridine rings is 1. The Morgan fingerprint density at radius 2 is 2.04 bits per heavy atom. The minimum Gasteiger partial charge on any atom is -0.492 e. The van der Waals surface area contributed by atoms with Crippen molar-refractivity contribution in [1.82, 2.24) is 15.0 Å². The summed E-state index contributed by atoms with van der Waals surface area (Å²) in [6, 6.07) is 9.21. The highest BCUT2D eigenvalue weighted by atomic mass is 35.5. The average molecular weight is 343 g/mol. The number of aromatic nitrogens is 3. The molecule has 1 N–H and O–H groups in total. The Kier molecular flexibility index (Phi) is 4.57. The molecule has 1 aromatic carbocycles. The van der Waals surface area contributed by atoms with Gasteiger partial charge in [0.15, 0.2) is 0 Å². The number of rotatable bonds is 4. The maximum atomic E-state index is 11.1. The van der Waals surface area contributed by atoms with E-state index in [-0.39, 0.29) is 11.9 Å². The second-order valence-electron chi connectivity index (χ2n) is 5.05. The van der Waals surface area contributed by atoms with Gasteiger partial charge in [0.2, 0.25) is 11.9 Å². The van der Waals surface area contributed by atoms with Gasteiger partial charge >= 0.3 is 0 Å². The predicted molar refractivity (Wildman–Crippen MR) is 93.3 cm³/mol. The average Bonchev–Trinajstić information content (AvgIpc) is 2.56. The summed E-state index contributed by atoms with van der Waals surface area (Å²) in [6.45, 7) is 3.87. The smallest absolute Gasteiger partial charge is 0.230 e. The van der Waals surface area contributed by atoms with Crippen molar-refractivity contribution in [3.05, 3.63) is 41.6 Å². The Hall–Kier alpha value is -2.73. The van der Waals surface area contributed by atoms with E-state index in [1.165, 1.54) is 6.92 Å². The molecule has 0 saturated carbocycles. The van der Waals surface area contributed by atoms with E-state index < -0.39 is 0 Å². The van der Waals surface area contributed by atoms with Crippen molar-refractivity contribution in [1.29, 1.82) is 0 Å². The van der Waals surface area contributed by atoms with E-state index in [9.17, 15) is 4.79 Å². The molecule has 3 aromatic rings. The Morgan fingerprint density at radius 1 is 1.21 bits per heavy atom. The maximum Gasteiger partial charge on any atom is 0.230 e. The van der Waals surface area contributed by atoms with Gasteiger partial charge in [-0.15, -0.1) is 0 Å². The quantitative estimate of drug-likeness (QED) is 0.782. The summed E-state index contributed by atoms with van der Waals surface area (Å²) in [5.41, 5.74) is 2.90. The van der Waals surface area contributed by atoms with Crippen LogP contribution in [0.25, 0.3) is 22.3 Å². The molecule has 0 aliphatic carbocycles. The third-order valence-electron chi connectivity index (χ3n) is 3.25. The molecule has 3 rings (SSSR count). The van der Waals surface area contributed by atoms with E-state index in [4.69, 9.17) is 16.3 Å². The molecule has 0 saturated heterocycles. The number of hydrogen-bond donors (Lipinski definition) is 1. The van der Waals surface area contributed by atoms with Gasteiger partial charge in [0.25, 0.3) is 0 Å². The Labute approximate surface area is 143 Å². The Bertz CT molecular complexity index is 914. The molecule has 0 spiro atoms. The number of amides is 1. The van der Waals surface area contributed by atoms with Crippen LogP contribution in [0, 0.1) is 0 Å². The van der Waals surface area contributed by atoms with Gasteiger partial charge in [0.05, 0.1) is 29.0 Å². The molecule has 0 fully saturated rings. The van der Waals surface area contributed by atoms with Crippen LogP contribution in [-0.4, -0.2) is 27.5 Å². The lowest BCUT2D eigenvalue weighted by Gasteiger charge is -2.08. The first-order valence-corrected chi connectivity index (χ1v) is 7.78. The van der Waals surface area contributed by atoms with Crippen LogP contribution in [0.1, 0.15) is 13.8 Å². The molecule has 24 heavy (non-hydrogen) atoms. The van der Waals surface area contributed by atoms with Crippen LogP contribution in [-0.2, 0) is 4.79 Å². The number of benzene rings is 1. The molecular formula is C17H15ClN4O2. The normalized spacial score (nSPS) is 10.6. The first kappa shape index (κ1) is 16.1. The molecular weight excluding hydrogens is 328 g/mol. The van der Waals surface area contributed by atoms with Gasteiger partial charge in [-0.2, -0.15) is 0 Å². The molecule has 0 bridgehead atoms. The zero-order valence-corrected chi connectivity index (χ0v) is 14.0. The zero-order chi connectivity index (χ0) is 17.1. The molecule has 0 aliphatic rings. The monoisotopic (exact) mass is 342 g/mol. The number of carbonyl (C=O) groups is 1. The highest BCUT2D eigenvalue weighted by Gasteiger charge is 2.08. The Balaban J connectivity index is 1.96. The van der Waals surface area contributed by atoms with Crippen molar-refractivity contribution in [3.8, 4) is 17.0 Å². The number of halogens is 1. The second-order valence-corrected chi connectivity index (χ2v) is 5.46. The number of fused-ring (bicyclic) bond motifs is 1. The molecule has 0 aliphatic heterocycles. The van der Waals surface area contributed by atoms with Crippen molar-refractivity contribution in [2.45, 2.75) is 13.8 Å². The highest BCUT2D eigenvalue weighted by molar-refractivity contribution is 6.32. The fourth-order valence-electron chi connectivity index (χ4n) is 2.23. The fourth-order valence-corrected chi connectivity index (χ4v) is 2.47. The first-order valence-electron chi connectivity index (χ1n) is 7.41.